The highest BCUT2D eigenvalue weighted by molar-refractivity contribution is 9.10. The minimum Gasteiger partial charge on any atom is -0.515 e. The highest BCUT2D eigenvalue weighted by atomic mass is 79.9. The van der Waals surface area contributed by atoms with Crippen molar-refractivity contribution in [3.63, 3.8) is 0 Å². The lowest BCUT2D eigenvalue weighted by Gasteiger charge is -2.20. The summed E-state index contributed by atoms with van der Waals surface area (Å²) < 4.78 is 1.04. The van der Waals surface area contributed by atoms with E-state index < -0.39 is 5.41 Å². The van der Waals surface area contributed by atoms with Crippen LogP contribution >= 0.6 is 27.7 Å². The molecule has 4 heteroatoms. The van der Waals surface area contributed by atoms with Gasteiger partial charge in [-0.1, -0.05) is 29.8 Å². The summed E-state index contributed by atoms with van der Waals surface area (Å²) in [6.45, 7) is 3.75. The Morgan fingerprint density at radius 2 is 2.00 bits per heavy atom. The van der Waals surface area contributed by atoms with E-state index in [4.69, 9.17) is 5.11 Å². The fourth-order valence-corrected chi connectivity index (χ4v) is 2.42. The maximum absolute atomic E-state index is 11.7. The summed E-state index contributed by atoms with van der Waals surface area (Å²) in [5.41, 5.74) is -0.475. The van der Waals surface area contributed by atoms with Crippen LogP contribution in [0.3, 0.4) is 0 Å². The SMILES string of the molecule is CC(C)(CSc1ccc(Br)cc1)C(=O)C=CO. The average Bonchev–Trinajstić information content (AvgIpc) is 2.29. The standard InChI is InChI=1S/C13H15BrO2S/c1-13(2,12(16)7-8-15)9-17-11-5-3-10(14)4-6-11/h3-8,15H,9H2,1-2H3. The lowest BCUT2D eigenvalue weighted by atomic mass is 9.90. The van der Waals surface area contributed by atoms with Crippen LogP contribution in [0, 0.1) is 5.41 Å². The van der Waals surface area contributed by atoms with Gasteiger partial charge in [-0.05, 0) is 24.3 Å². The predicted octanol–water partition coefficient (Wildman–Crippen LogP) is 4.21. The van der Waals surface area contributed by atoms with Gasteiger partial charge in [-0.2, -0.15) is 0 Å². The van der Waals surface area contributed by atoms with E-state index >= 15 is 0 Å². The first-order chi connectivity index (χ1) is 7.95. The number of ketones is 1. The minimum absolute atomic E-state index is 0.0652. The molecule has 0 heterocycles. The molecule has 1 rings (SSSR count). The Balaban J connectivity index is 2.60. The number of thioether (sulfide) groups is 1. The largest absolute Gasteiger partial charge is 0.515 e. The maximum Gasteiger partial charge on any atom is 0.165 e. The van der Waals surface area contributed by atoms with Crippen molar-refractivity contribution in [3.8, 4) is 0 Å². The highest BCUT2D eigenvalue weighted by Crippen LogP contribution is 2.29. The Morgan fingerprint density at radius 1 is 1.41 bits per heavy atom. The van der Waals surface area contributed by atoms with Gasteiger partial charge >= 0.3 is 0 Å². The molecule has 0 radical (unpaired) electrons. The van der Waals surface area contributed by atoms with Crippen LogP contribution in [-0.2, 0) is 4.79 Å². The third-order valence-corrected chi connectivity index (χ3v) is 4.31. The Labute approximate surface area is 114 Å². The number of aliphatic hydroxyl groups excluding tert-OH is 1. The molecule has 1 aromatic carbocycles. The van der Waals surface area contributed by atoms with E-state index in [1.54, 1.807) is 11.8 Å². The number of rotatable bonds is 5. The molecule has 0 saturated carbocycles. The summed E-state index contributed by atoms with van der Waals surface area (Å²) in [5.74, 6) is 0.613. The molecule has 17 heavy (non-hydrogen) atoms. The van der Waals surface area contributed by atoms with E-state index in [0.717, 1.165) is 15.6 Å². The van der Waals surface area contributed by atoms with Crippen molar-refractivity contribution in [3.05, 3.63) is 41.1 Å². The normalized spacial score (nSPS) is 11.9. The fourth-order valence-electron chi connectivity index (χ4n) is 1.16. The lowest BCUT2D eigenvalue weighted by Crippen LogP contribution is -2.25. The van der Waals surface area contributed by atoms with Gasteiger partial charge in [0.1, 0.15) is 0 Å². The first-order valence-electron chi connectivity index (χ1n) is 5.19. The summed E-state index contributed by atoms with van der Waals surface area (Å²) in [7, 11) is 0. The van der Waals surface area contributed by atoms with E-state index in [9.17, 15) is 4.79 Å². The topological polar surface area (TPSA) is 37.3 Å². The van der Waals surface area contributed by atoms with E-state index in [-0.39, 0.29) is 5.78 Å². The molecular formula is C13H15BrO2S. The van der Waals surface area contributed by atoms with Crippen LogP contribution in [0.1, 0.15) is 13.8 Å². The fraction of sp³-hybridized carbons (Fsp3) is 0.308. The zero-order valence-corrected chi connectivity index (χ0v) is 12.2. The summed E-state index contributed by atoms with van der Waals surface area (Å²) in [4.78, 5) is 12.8. The van der Waals surface area contributed by atoms with Crippen molar-refractivity contribution in [2.45, 2.75) is 18.7 Å². The second-order valence-corrected chi connectivity index (χ2v) is 6.27. The number of allylic oxidation sites excluding steroid dienone is 1. The van der Waals surface area contributed by atoms with E-state index in [1.165, 1.54) is 6.08 Å². The first kappa shape index (κ1) is 14.3. The predicted molar refractivity (Wildman–Crippen MR) is 75.4 cm³/mol. The smallest absolute Gasteiger partial charge is 0.165 e. The summed E-state index contributed by atoms with van der Waals surface area (Å²) in [6.07, 6.45) is 2.01. The summed E-state index contributed by atoms with van der Waals surface area (Å²) in [6, 6.07) is 7.98. The molecule has 1 N–H and O–H groups in total. The Kier molecular flexibility index (Phi) is 5.28. The van der Waals surface area contributed by atoms with Crippen LogP contribution in [-0.4, -0.2) is 16.6 Å². The molecule has 0 saturated heterocycles. The molecule has 0 unspecified atom stereocenters. The number of halogens is 1. The van der Waals surface area contributed by atoms with Crippen molar-refractivity contribution in [2.75, 3.05) is 5.75 Å². The van der Waals surface area contributed by atoms with Crippen molar-refractivity contribution in [1.29, 1.82) is 0 Å². The van der Waals surface area contributed by atoms with Gasteiger partial charge < -0.3 is 5.11 Å². The lowest BCUT2D eigenvalue weighted by molar-refractivity contribution is -0.121. The van der Waals surface area contributed by atoms with Gasteiger partial charge in [0, 0.05) is 26.6 Å². The van der Waals surface area contributed by atoms with Gasteiger partial charge in [0.2, 0.25) is 0 Å². The van der Waals surface area contributed by atoms with Gasteiger partial charge in [-0.3, -0.25) is 4.79 Å². The Morgan fingerprint density at radius 3 is 2.53 bits per heavy atom. The quantitative estimate of drug-likeness (QED) is 0.502. The van der Waals surface area contributed by atoms with Gasteiger partial charge in [0.05, 0.1) is 6.26 Å². The second kappa shape index (κ2) is 6.26. The number of carbonyl (C=O) groups is 1. The highest BCUT2D eigenvalue weighted by Gasteiger charge is 2.25. The van der Waals surface area contributed by atoms with Gasteiger partial charge in [-0.25, -0.2) is 0 Å². The molecule has 0 amide bonds. The molecule has 0 bridgehead atoms. The van der Waals surface area contributed by atoms with Crippen LogP contribution < -0.4 is 0 Å². The minimum atomic E-state index is -0.475. The zero-order chi connectivity index (χ0) is 12.9. The monoisotopic (exact) mass is 314 g/mol. The number of hydrogen-bond acceptors (Lipinski definition) is 3. The molecule has 0 atom stereocenters. The average molecular weight is 315 g/mol. The van der Waals surface area contributed by atoms with Crippen molar-refractivity contribution < 1.29 is 9.90 Å². The van der Waals surface area contributed by atoms with Crippen molar-refractivity contribution in [2.24, 2.45) is 5.41 Å². The molecule has 0 aliphatic rings. The van der Waals surface area contributed by atoms with E-state index in [1.807, 2.05) is 38.1 Å². The van der Waals surface area contributed by atoms with Crippen molar-refractivity contribution in [1.82, 2.24) is 0 Å². The molecule has 0 aliphatic carbocycles. The molecule has 2 nitrogen and oxygen atoms in total. The molecule has 92 valence electrons. The van der Waals surface area contributed by atoms with E-state index in [2.05, 4.69) is 15.9 Å². The molecule has 0 fully saturated rings. The van der Waals surface area contributed by atoms with Crippen LogP contribution in [0.2, 0.25) is 0 Å². The second-order valence-electron chi connectivity index (χ2n) is 4.31. The van der Waals surface area contributed by atoms with Gasteiger partial charge in [0.25, 0.3) is 0 Å². The molecule has 1 aromatic rings. The number of aliphatic hydroxyl groups is 1. The Bertz CT molecular complexity index is 410. The molecule has 0 spiro atoms. The van der Waals surface area contributed by atoms with Gasteiger partial charge in [0.15, 0.2) is 5.78 Å². The molecular weight excluding hydrogens is 300 g/mol. The first-order valence-corrected chi connectivity index (χ1v) is 6.97. The van der Waals surface area contributed by atoms with Crippen LogP contribution in [0.25, 0.3) is 0 Å². The maximum atomic E-state index is 11.7. The van der Waals surface area contributed by atoms with E-state index in [0.29, 0.717) is 5.75 Å². The third kappa shape index (κ3) is 4.56. The molecule has 0 aliphatic heterocycles. The van der Waals surface area contributed by atoms with Crippen LogP contribution in [0.4, 0.5) is 0 Å². The third-order valence-electron chi connectivity index (χ3n) is 2.31. The number of carbonyl (C=O) groups excluding carboxylic acids is 1. The summed E-state index contributed by atoms with van der Waals surface area (Å²) in [5, 5.41) is 8.60. The molecule has 0 aromatic heterocycles. The van der Waals surface area contributed by atoms with Crippen LogP contribution in [0.5, 0.6) is 0 Å². The number of hydrogen-bond donors (Lipinski definition) is 1. The van der Waals surface area contributed by atoms with Gasteiger partial charge in [-0.15, -0.1) is 11.8 Å². The zero-order valence-electron chi connectivity index (χ0n) is 9.81. The van der Waals surface area contributed by atoms with Crippen molar-refractivity contribution >= 4 is 33.5 Å². The summed E-state index contributed by atoms with van der Waals surface area (Å²) >= 11 is 5.01. The van der Waals surface area contributed by atoms with Crippen LogP contribution in [0.15, 0.2) is 46.0 Å². The Hall–Kier alpha value is -0.740. The number of benzene rings is 1.